The lowest BCUT2D eigenvalue weighted by Crippen LogP contribution is -2.60. The number of carbonyl (C=O) groups excluding carboxylic acids is 4. The van der Waals surface area contributed by atoms with Crippen molar-refractivity contribution in [3.8, 4) is 11.5 Å². The van der Waals surface area contributed by atoms with E-state index >= 15 is 0 Å². The summed E-state index contributed by atoms with van der Waals surface area (Å²) in [5, 5.41) is 11.2. The summed E-state index contributed by atoms with van der Waals surface area (Å²) in [6.07, 6.45) is -10.0. The number of rotatable bonds is 4. The molecule has 1 N–H and O–H groups in total. The summed E-state index contributed by atoms with van der Waals surface area (Å²) >= 11 is 14.5. The molecule has 0 aromatic heterocycles. The molecular formula is C35H23Cl2F7N2O6. The van der Waals surface area contributed by atoms with E-state index in [0.717, 1.165) is 24.3 Å². The largest absolute Gasteiger partial charge is 0.508 e. The molecular weight excluding hydrogens is 748 g/mol. The summed E-state index contributed by atoms with van der Waals surface area (Å²) in [6.45, 7) is 0. The molecule has 1 saturated carbocycles. The van der Waals surface area contributed by atoms with Gasteiger partial charge in [0.15, 0.2) is 9.75 Å². The zero-order valence-corrected chi connectivity index (χ0v) is 27.9. The Morgan fingerprint density at radius 2 is 1.42 bits per heavy atom. The molecule has 3 aromatic rings. The normalized spacial score (nSPS) is 28.8. The standard InChI is InChI=1S/C35H23Cl2F7N2O6/c1-52-24-4-2-3-23(47)26(24)27-20-9-10-21-25(29(49)45(28(21)48)19-12-15(34(39,40)41)11-16(13-19)35(42,43)44)22(20)14-32(36)30(50)46(31(51)33(27,32)37)18-7-5-17(38)6-8-18/h2-9,11-13,21-22,25,27,47H,10,14H2,1H3/t21-,22+,25-,27+,32+,33-/m0/s1. The topological polar surface area (TPSA) is 104 Å². The minimum atomic E-state index is -5.28. The summed E-state index contributed by atoms with van der Waals surface area (Å²) in [4.78, 5) is 52.9. The highest BCUT2D eigenvalue weighted by molar-refractivity contribution is 6.58. The Morgan fingerprint density at radius 3 is 2.00 bits per heavy atom. The van der Waals surface area contributed by atoms with Crippen LogP contribution in [0, 0.1) is 23.6 Å². The number of imide groups is 2. The highest BCUT2D eigenvalue weighted by atomic mass is 35.5. The number of anilines is 2. The van der Waals surface area contributed by atoms with Crippen LogP contribution in [0.3, 0.4) is 0 Å². The molecule has 8 nitrogen and oxygen atoms in total. The van der Waals surface area contributed by atoms with Crippen LogP contribution in [0.25, 0.3) is 0 Å². The van der Waals surface area contributed by atoms with Crippen LogP contribution in [0.5, 0.6) is 11.5 Å². The van der Waals surface area contributed by atoms with Gasteiger partial charge in [-0.05, 0) is 73.4 Å². The second kappa shape index (κ2) is 11.7. The molecule has 2 aliphatic carbocycles. The molecule has 0 spiro atoms. The maximum Gasteiger partial charge on any atom is 0.416 e. The third kappa shape index (κ3) is 4.95. The molecule has 0 bridgehead atoms. The van der Waals surface area contributed by atoms with Crippen LogP contribution in [0.4, 0.5) is 42.1 Å². The fourth-order valence-corrected chi connectivity index (χ4v) is 8.96. The first-order valence-electron chi connectivity index (χ1n) is 15.5. The van der Waals surface area contributed by atoms with Gasteiger partial charge in [-0.3, -0.25) is 19.2 Å². The smallest absolute Gasteiger partial charge is 0.416 e. The summed E-state index contributed by atoms with van der Waals surface area (Å²) < 4.78 is 102. The van der Waals surface area contributed by atoms with E-state index in [0.29, 0.717) is 4.90 Å². The van der Waals surface area contributed by atoms with Gasteiger partial charge in [0.2, 0.25) is 11.8 Å². The summed E-state index contributed by atoms with van der Waals surface area (Å²) in [5.41, 5.74) is -4.56. The predicted octanol–water partition coefficient (Wildman–Crippen LogP) is 7.35. The molecule has 52 heavy (non-hydrogen) atoms. The van der Waals surface area contributed by atoms with Crippen molar-refractivity contribution in [1.82, 2.24) is 0 Å². The Labute approximate surface area is 299 Å². The SMILES string of the molecule is COc1cccc(O)c1[C@H]1C2=CC[C@@H]3C(=O)N(c4cc(C(F)(F)F)cc(C(F)(F)F)c4)C(=O)[C@@H]3[C@@H]2C[C@@]2(Cl)C(=O)N(c3ccc(F)cc3)C(=O)[C@@]12Cl. The van der Waals surface area contributed by atoms with Crippen LogP contribution in [0.15, 0.2) is 72.3 Å². The van der Waals surface area contributed by atoms with Gasteiger partial charge in [0.1, 0.15) is 17.3 Å². The van der Waals surface area contributed by atoms with Crippen LogP contribution in [-0.4, -0.2) is 45.6 Å². The number of benzene rings is 3. The number of alkyl halides is 8. The van der Waals surface area contributed by atoms with E-state index in [4.69, 9.17) is 27.9 Å². The minimum absolute atomic E-state index is 0.0210. The maximum atomic E-state index is 14.5. The Morgan fingerprint density at radius 1 is 0.808 bits per heavy atom. The fraction of sp³-hybridized carbons (Fsp3) is 0.314. The summed E-state index contributed by atoms with van der Waals surface area (Å²) in [6, 6.07) is 8.66. The molecule has 4 amide bonds. The number of phenols is 1. The van der Waals surface area contributed by atoms with E-state index in [1.165, 1.54) is 31.4 Å². The Hall–Kier alpha value is -4.63. The van der Waals surface area contributed by atoms with Gasteiger partial charge < -0.3 is 9.84 Å². The van der Waals surface area contributed by atoms with Crippen LogP contribution < -0.4 is 14.5 Å². The monoisotopic (exact) mass is 770 g/mol. The average molecular weight is 771 g/mol. The van der Waals surface area contributed by atoms with Gasteiger partial charge in [-0.25, -0.2) is 14.2 Å². The zero-order valence-electron chi connectivity index (χ0n) is 26.4. The number of halogens is 9. The van der Waals surface area contributed by atoms with Gasteiger partial charge in [-0.2, -0.15) is 26.3 Å². The van der Waals surface area contributed by atoms with E-state index in [-0.39, 0.29) is 52.1 Å². The molecule has 4 aliphatic rings. The number of allylic oxidation sites excluding steroid dienone is 2. The van der Waals surface area contributed by atoms with Gasteiger partial charge >= 0.3 is 12.4 Å². The first kappa shape index (κ1) is 35.8. The van der Waals surface area contributed by atoms with Gasteiger partial charge in [0.05, 0.1) is 41.4 Å². The van der Waals surface area contributed by atoms with Gasteiger partial charge in [-0.1, -0.05) is 17.7 Å². The molecule has 0 unspecified atom stereocenters. The molecule has 6 atom stereocenters. The molecule has 3 fully saturated rings. The number of ether oxygens (including phenoxy) is 1. The summed E-state index contributed by atoms with van der Waals surface area (Å²) in [5.74, 6) is -11.3. The number of methoxy groups -OCH3 is 1. The van der Waals surface area contributed by atoms with E-state index < -0.39 is 104 Å². The molecule has 2 saturated heterocycles. The van der Waals surface area contributed by atoms with Crippen molar-refractivity contribution in [2.75, 3.05) is 16.9 Å². The van der Waals surface area contributed by atoms with E-state index in [1.807, 2.05) is 0 Å². The van der Waals surface area contributed by atoms with E-state index in [2.05, 4.69) is 0 Å². The quantitative estimate of drug-likeness (QED) is 0.129. The predicted molar refractivity (Wildman–Crippen MR) is 170 cm³/mol. The van der Waals surface area contributed by atoms with Crippen molar-refractivity contribution in [3.05, 3.63) is 94.8 Å². The Bertz CT molecular complexity index is 2070. The first-order valence-corrected chi connectivity index (χ1v) is 16.3. The molecule has 2 heterocycles. The number of hydrogen-bond donors (Lipinski definition) is 1. The number of aromatic hydroxyl groups is 1. The number of carbonyl (C=O) groups is 4. The maximum absolute atomic E-state index is 14.5. The third-order valence-corrected chi connectivity index (χ3v) is 11.7. The van der Waals surface area contributed by atoms with Crippen LogP contribution in [0.1, 0.15) is 35.4 Å². The number of hydrogen-bond acceptors (Lipinski definition) is 6. The minimum Gasteiger partial charge on any atom is -0.508 e. The molecule has 2 aliphatic heterocycles. The first-order chi connectivity index (χ1) is 24.3. The lowest BCUT2D eigenvalue weighted by atomic mass is 9.56. The van der Waals surface area contributed by atoms with Crippen molar-refractivity contribution >= 4 is 58.2 Å². The summed E-state index contributed by atoms with van der Waals surface area (Å²) in [7, 11) is 1.24. The lowest BCUT2D eigenvalue weighted by Gasteiger charge is -2.50. The van der Waals surface area contributed by atoms with Crippen LogP contribution in [-0.2, 0) is 31.5 Å². The fourth-order valence-electron chi connectivity index (χ4n) is 8.04. The van der Waals surface area contributed by atoms with E-state index in [9.17, 15) is 55.0 Å². The van der Waals surface area contributed by atoms with Crippen molar-refractivity contribution in [3.63, 3.8) is 0 Å². The zero-order chi connectivity index (χ0) is 37.9. The Kier molecular flexibility index (Phi) is 8.04. The van der Waals surface area contributed by atoms with Crippen LogP contribution in [0.2, 0.25) is 0 Å². The van der Waals surface area contributed by atoms with E-state index in [1.54, 1.807) is 0 Å². The second-order valence-corrected chi connectivity index (χ2v) is 14.2. The van der Waals surface area contributed by atoms with Crippen LogP contribution >= 0.6 is 23.2 Å². The van der Waals surface area contributed by atoms with Gasteiger partial charge in [0.25, 0.3) is 11.8 Å². The highest BCUT2D eigenvalue weighted by Crippen LogP contribution is 2.67. The number of phenolic OH excluding ortho intramolecular Hbond substituents is 1. The average Bonchev–Trinajstić information content (AvgIpc) is 3.42. The van der Waals surface area contributed by atoms with Crippen molar-refractivity contribution in [2.45, 2.75) is 40.9 Å². The second-order valence-electron chi connectivity index (χ2n) is 12.9. The number of nitrogens with zero attached hydrogens (tertiary/aromatic N) is 2. The molecule has 272 valence electrons. The van der Waals surface area contributed by atoms with Crippen molar-refractivity contribution in [2.24, 2.45) is 17.8 Å². The Balaban J connectivity index is 1.41. The van der Waals surface area contributed by atoms with Gasteiger partial charge in [-0.15, -0.1) is 23.2 Å². The molecule has 17 heteroatoms. The number of fused-ring (bicyclic) bond motifs is 4. The third-order valence-electron chi connectivity index (χ3n) is 10.3. The van der Waals surface area contributed by atoms with Crippen molar-refractivity contribution in [1.29, 1.82) is 0 Å². The molecule has 0 radical (unpaired) electrons. The molecule has 7 rings (SSSR count). The molecule has 3 aromatic carbocycles. The number of amides is 4. The lowest BCUT2D eigenvalue weighted by molar-refractivity contribution is -0.143. The van der Waals surface area contributed by atoms with Gasteiger partial charge in [0, 0.05) is 11.5 Å². The highest BCUT2D eigenvalue weighted by Gasteiger charge is 2.77. The van der Waals surface area contributed by atoms with Crippen molar-refractivity contribution < 1.29 is 59.8 Å².